The van der Waals surface area contributed by atoms with Gasteiger partial charge in [0.1, 0.15) is 17.8 Å². The van der Waals surface area contributed by atoms with Crippen LogP contribution in [-0.2, 0) is 14.3 Å². The maximum absolute atomic E-state index is 13.2. The molecule has 27 heavy (non-hydrogen) atoms. The second kappa shape index (κ2) is 7.10. The summed E-state index contributed by atoms with van der Waals surface area (Å²) in [7, 11) is 2.90. The number of urea groups is 1. The van der Waals surface area contributed by atoms with E-state index in [1.54, 1.807) is 6.92 Å². The van der Waals surface area contributed by atoms with Crippen LogP contribution in [0.15, 0.2) is 40.6 Å². The molecule has 9 heteroatoms. The number of methoxy groups -OCH3 is 1. The van der Waals surface area contributed by atoms with E-state index >= 15 is 0 Å². The van der Waals surface area contributed by atoms with Crippen LogP contribution in [0.4, 0.5) is 14.9 Å². The van der Waals surface area contributed by atoms with Crippen LogP contribution in [-0.4, -0.2) is 60.1 Å². The molecule has 0 radical (unpaired) electrons. The molecule has 0 aromatic heterocycles. The summed E-state index contributed by atoms with van der Waals surface area (Å²) in [5.74, 6) is -2.02. The largest absolute Gasteiger partial charge is 0.499 e. The molecule has 3 rings (SSSR count). The third-order valence-electron chi connectivity index (χ3n) is 4.30. The van der Waals surface area contributed by atoms with Gasteiger partial charge in [0, 0.05) is 11.3 Å². The lowest BCUT2D eigenvalue weighted by molar-refractivity contribution is -0.408. The molecule has 0 bridgehead atoms. The first kappa shape index (κ1) is 18.4. The third-order valence-corrected chi connectivity index (χ3v) is 4.30. The van der Waals surface area contributed by atoms with Crippen molar-refractivity contribution < 1.29 is 28.1 Å². The predicted molar refractivity (Wildman–Crippen MR) is 95.0 cm³/mol. The van der Waals surface area contributed by atoms with Crippen molar-refractivity contribution in [3.8, 4) is 0 Å². The molecule has 0 saturated carbocycles. The number of amides is 4. The molecule has 0 spiro atoms. The van der Waals surface area contributed by atoms with Crippen molar-refractivity contribution in [2.24, 2.45) is 10.9 Å². The number of carbonyl (C=O) groups is 3. The lowest BCUT2D eigenvalue weighted by atomic mass is 9.96. The van der Waals surface area contributed by atoms with Crippen molar-refractivity contribution in [2.75, 3.05) is 26.0 Å². The zero-order valence-electron chi connectivity index (χ0n) is 15.0. The number of nitrogens with one attached hydrogen (secondary N) is 1. The number of halogens is 1. The van der Waals surface area contributed by atoms with E-state index in [4.69, 9.17) is 4.74 Å². The van der Waals surface area contributed by atoms with E-state index in [-0.39, 0.29) is 11.5 Å². The van der Waals surface area contributed by atoms with Gasteiger partial charge < -0.3 is 10.1 Å². The molecule has 2 heterocycles. The summed E-state index contributed by atoms with van der Waals surface area (Å²) in [5, 5.41) is 2.47. The first-order chi connectivity index (χ1) is 12.8. The number of anilines is 1. The number of hydrogen-bond donors (Lipinski definition) is 1. The molecule has 1 aromatic carbocycles. The van der Waals surface area contributed by atoms with Gasteiger partial charge in [-0.15, -0.1) is 4.99 Å². The van der Waals surface area contributed by atoms with Crippen LogP contribution in [0.1, 0.15) is 6.92 Å². The third kappa shape index (κ3) is 3.35. The van der Waals surface area contributed by atoms with Crippen LogP contribution in [0.25, 0.3) is 0 Å². The summed E-state index contributed by atoms with van der Waals surface area (Å²) in [5.41, 5.74) is 0.889. The molecule has 1 N–H and O–H groups in total. The number of rotatable bonds is 4. The summed E-state index contributed by atoms with van der Waals surface area (Å²) in [6.45, 7) is 1.23. The van der Waals surface area contributed by atoms with Crippen molar-refractivity contribution in [3.63, 3.8) is 0 Å². The van der Waals surface area contributed by atoms with Gasteiger partial charge in [-0.25, -0.2) is 9.18 Å². The highest BCUT2D eigenvalue weighted by molar-refractivity contribution is 6.17. The SMILES string of the molecule is COC1=C(C)C=NC2=[N+](C)C(=O)N(CC(=O)Nc3cccc(F)c3)C(=O)C12. The minimum absolute atomic E-state index is 0.230. The average molecular weight is 373 g/mol. The van der Waals surface area contributed by atoms with Crippen molar-refractivity contribution in [2.45, 2.75) is 6.92 Å². The predicted octanol–water partition coefficient (Wildman–Crippen LogP) is 1.39. The number of allylic oxidation sites excluding steroid dienone is 1. The molecular formula is C18H18FN4O4+. The number of fused-ring (bicyclic) bond motifs is 1. The van der Waals surface area contributed by atoms with Gasteiger partial charge in [0.2, 0.25) is 0 Å². The molecule has 0 fully saturated rings. The van der Waals surface area contributed by atoms with Gasteiger partial charge in [-0.1, -0.05) is 6.07 Å². The number of imide groups is 1. The Balaban J connectivity index is 1.85. The Hall–Kier alpha value is -3.36. The van der Waals surface area contributed by atoms with Crippen LogP contribution in [0, 0.1) is 11.7 Å². The van der Waals surface area contributed by atoms with E-state index in [2.05, 4.69) is 10.3 Å². The molecule has 140 valence electrons. The van der Waals surface area contributed by atoms with E-state index in [0.717, 1.165) is 11.0 Å². The zero-order chi connectivity index (χ0) is 19.7. The van der Waals surface area contributed by atoms with E-state index < -0.39 is 36.1 Å². The van der Waals surface area contributed by atoms with Crippen LogP contribution in [0.3, 0.4) is 0 Å². The highest BCUT2D eigenvalue weighted by atomic mass is 19.1. The summed E-state index contributed by atoms with van der Waals surface area (Å²) in [6.07, 6.45) is 1.52. The lowest BCUT2D eigenvalue weighted by Crippen LogP contribution is -2.56. The fraction of sp³-hybridized carbons (Fsp3) is 0.278. The minimum Gasteiger partial charge on any atom is -0.499 e. The Kier molecular flexibility index (Phi) is 4.85. The van der Waals surface area contributed by atoms with Crippen LogP contribution in [0.2, 0.25) is 0 Å². The molecule has 1 aromatic rings. The number of ether oxygens (including phenoxy) is 1. The highest BCUT2D eigenvalue weighted by Crippen LogP contribution is 2.27. The number of carbonyl (C=O) groups excluding carboxylic acids is 3. The van der Waals surface area contributed by atoms with E-state index in [1.807, 2.05) is 0 Å². The molecular weight excluding hydrogens is 355 g/mol. The topological polar surface area (TPSA) is 91.1 Å². The van der Waals surface area contributed by atoms with Crippen LogP contribution in [0.5, 0.6) is 0 Å². The minimum atomic E-state index is -0.898. The number of benzene rings is 1. The smallest absolute Gasteiger partial charge is 0.446 e. The maximum Gasteiger partial charge on any atom is 0.446 e. The molecule has 0 aliphatic carbocycles. The van der Waals surface area contributed by atoms with Gasteiger partial charge in [0.25, 0.3) is 11.7 Å². The number of nitrogens with zero attached hydrogens (tertiary/aromatic N) is 3. The molecule has 0 saturated heterocycles. The quantitative estimate of drug-likeness (QED) is 0.808. The van der Waals surface area contributed by atoms with Gasteiger partial charge in [-0.2, -0.15) is 9.48 Å². The second-order valence-electron chi connectivity index (χ2n) is 6.13. The Morgan fingerprint density at radius 2 is 2.15 bits per heavy atom. The number of hydrogen-bond acceptors (Lipinski definition) is 5. The fourth-order valence-electron chi connectivity index (χ4n) is 3.01. The van der Waals surface area contributed by atoms with Gasteiger partial charge in [-0.05, 0) is 25.1 Å². The van der Waals surface area contributed by atoms with Crippen molar-refractivity contribution >= 4 is 35.6 Å². The molecule has 8 nitrogen and oxygen atoms in total. The van der Waals surface area contributed by atoms with E-state index in [9.17, 15) is 18.8 Å². The molecule has 1 unspecified atom stereocenters. The number of amidine groups is 1. The lowest BCUT2D eigenvalue weighted by Gasteiger charge is -2.28. The Morgan fingerprint density at radius 3 is 2.81 bits per heavy atom. The van der Waals surface area contributed by atoms with Crippen LogP contribution >= 0.6 is 0 Å². The summed E-state index contributed by atoms with van der Waals surface area (Å²) in [4.78, 5) is 42.7. The molecule has 1 atom stereocenters. The van der Waals surface area contributed by atoms with Crippen molar-refractivity contribution in [3.05, 3.63) is 41.4 Å². The molecule has 2 aliphatic rings. The standard InChI is InChI=1S/C18H17FN4O4/c1-10-8-20-16-14(15(10)27-3)17(25)23(18(26)22(16)2)9-13(24)21-12-6-4-5-11(19)7-12/h4-8,14H,9H2,1-3H3/p+1. The van der Waals surface area contributed by atoms with E-state index in [1.165, 1.54) is 43.1 Å². The summed E-state index contributed by atoms with van der Waals surface area (Å²) >= 11 is 0. The summed E-state index contributed by atoms with van der Waals surface area (Å²) in [6, 6.07) is 4.65. The van der Waals surface area contributed by atoms with Gasteiger partial charge in [-0.3, -0.25) is 9.59 Å². The average Bonchev–Trinajstić information content (AvgIpc) is 2.63. The zero-order valence-corrected chi connectivity index (χ0v) is 15.0. The summed E-state index contributed by atoms with van der Waals surface area (Å²) < 4.78 is 19.8. The molecule has 4 amide bonds. The van der Waals surface area contributed by atoms with Crippen LogP contribution < -0.4 is 5.32 Å². The second-order valence-corrected chi connectivity index (χ2v) is 6.13. The van der Waals surface area contributed by atoms with Gasteiger partial charge in [0.05, 0.1) is 14.2 Å². The number of dihydropyridines is 1. The van der Waals surface area contributed by atoms with E-state index in [0.29, 0.717) is 11.3 Å². The Bertz CT molecular complexity index is 935. The van der Waals surface area contributed by atoms with Gasteiger partial charge in [0.15, 0.2) is 12.5 Å². The Labute approximate surface area is 154 Å². The molecule has 2 aliphatic heterocycles. The first-order valence-electron chi connectivity index (χ1n) is 8.13. The normalized spacial score (nSPS) is 19.4. The van der Waals surface area contributed by atoms with Crippen molar-refractivity contribution in [1.82, 2.24) is 4.90 Å². The monoisotopic (exact) mass is 373 g/mol. The van der Waals surface area contributed by atoms with Crippen molar-refractivity contribution in [1.29, 1.82) is 0 Å². The maximum atomic E-state index is 13.2. The van der Waals surface area contributed by atoms with Gasteiger partial charge >= 0.3 is 11.9 Å². The fourth-order valence-corrected chi connectivity index (χ4v) is 3.01. The first-order valence-corrected chi connectivity index (χ1v) is 8.13. The highest BCUT2D eigenvalue weighted by Gasteiger charge is 2.50. The Morgan fingerprint density at radius 1 is 1.41 bits per heavy atom. The number of aliphatic imine (C=N–C) groups is 1.